The van der Waals surface area contributed by atoms with E-state index >= 15 is 0 Å². The average molecular weight is 176 g/mol. The van der Waals surface area contributed by atoms with Crippen LogP contribution < -0.4 is 0 Å². The molecule has 32 valence electrons. The van der Waals surface area contributed by atoms with Gasteiger partial charge >= 0.3 is 25.8 Å². The number of rotatable bonds is 1. The van der Waals surface area contributed by atoms with Gasteiger partial charge in [-0.1, -0.05) is 26.7 Å². The molecule has 0 aromatic heterocycles. The van der Waals surface area contributed by atoms with E-state index in [1.807, 2.05) is 0 Å². The monoisotopic (exact) mass is 176 g/mol. The van der Waals surface area contributed by atoms with Gasteiger partial charge in [0.05, 0.1) is 0 Å². The maximum absolute atomic E-state index is 2.18. The van der Waals surface area contributed by atoms with Crippen LogP contribution in [0.1, 0.15) is 26.7 Å². The third-order valence-electron chi connectivity index (χ3n) is 0.500. The summed E-state index contributed by atoms with van der Waals surface area (Å²) in [6.07, 6.45) is 2.64. The first kappa shape index (κ1) is 9.30. The Kier molecular flexibility index (Phi) is 16.5. The fourth-order valence-corrected chi connectivity index (χ4v) is 0. The first-order chi connectivity index (χ1) is 1.91. The zero-order chi connectivity index (χ0) is 3.41. The van der Waals surface area contributed by atoms with Crippen LogP contribution >= 0.6 is 0 Å². The Morgan fingerprint density at radius 2 is 1.20 bits per heavy atom. The summed E-state index contributed by atoms with van der Waals surface area (Å²) in [6.45, 7) is 4.36. The van der Waals surface area contributed by atoms with Crippen LogP contribution in [0.3, 0.4) is 0 Å². The van der Waals surface area contributed by atoms with Crippen molar-refractivity contribution >= 4 is 25.8 Å². The minimum atomic E-state index is 0. The van der Waals surface area contributed by atoms with Gasteiger partial charge in [0.2, 0.25) is 0 Å². The Bertz CT molecular complexity index is 5.61. The summed E-state index contributed by atoms with van der Waals surface area (Å²) in [5.74, 6) is 0. The van der Waals surface area contributed by atoms with E-state index in [-0.39, 0.29) is 25.8 Å². The molecular weight excluding hydrogens is 163 g/mol. The van der Waals surface area contributed by atoms with Crippen LogP contribution in [-0.4, -0.2) is 25.8 Å². The van der Waals surface area contributed by atoms with Crippen LogP contribution in [0, 0.1) is 0 Å². The van der Waals surface area contributed by atoms with Gasteiger partial charge in [-0.2, -0.15) is 0 Å². The van der Waals surface area contributed by atoms with Gasteiger partial charge in [0.1, 0.15) is 0 Å². The molecule has 0 radical (unpaired) electrons. The van der Waals surface area contributed by atoms with Crippen molar-refractivity contribution in [2.24, 2.45) is 0 Å². The number of unbranched alkanes of at least 4 members (excludes halogenated alkanes) is 1. The van der Waals surface area contributed by atoms with E-state index in [1.54, 1.807) is 0 Å². The van der Waals surface area contributed by atoms with Crippen molar-refractivity contribution in [3.8, 4) is 0 Å². The molecule has 0 amide bonds. The van der Waals surface area contributed by atoms with Gasteiger partial charge in [-0.3, -0.25) is 0 Å². The SMILES string of the molecule is CCCC.[InH3]. The van der Waals surface area contributed by atoms with Crippen LogP contribution in [0.2, 0.25) is 0 Å². The van der Waals surface area contributed by atoms with Crippen molar-refractivity contribution < 1.29 is 0 Å². The van der Waals surface area contributed by atoms with E-state index in [1.165, 1.54) is 12.8 Å². The molecule has 0 aromatic carbocycles. The van der Waals surface area contributed by atoms with E-state index in [0.29, 0.717) is 0 Å². The Morgan fingerprint density at radius 3 is 1.20 bits per heavy atom. The Hall–Kier alpha value is 0.870. The molecule has 0 spiro atoms. The predicted octanol–water partition coefficient (Wildman–Crippen LogP) is 0.622. The van der Waals surface area contributed by atoms with E-state index in [2.05, 4.69) is 13.8 Å². The molecule has 1 heteroatoms. The Balaban J connectivity index is 0. The van der Waals surface area contributed by atoms with Crippen LogP contribution in [-0.2, 0) is 0 Å². The van der Waals surface area contributed by atoms with Gasteiger partial charge in [-0.25, -0.2) is 0 Å². The van der Waals surface area contributed by atoms with Crippen LogP contribution in [0.4, 0.5) is 0 Å². The Labute approximate surface area is 52.7 Å². The quantitative estimate of drug-likeness (QED) is 0.549. The molecule has 0 unspecified atom stereocenters. The van der Waals surface area contributed by atoms with E-state index in [4.69, 9.17) is 0 Å². The number of hydrogen-bond acceptors (Lipinski definition) is 0. The third-order valence-corrected chi connectivity index (χ3v) is 0.500. The fraction of sp³-hybridized carbons (Fsp3) is 1.00. The first-order valence-corrected chi connectivity index (χ1v) is 1.91. The molecule has 0 aromatic rings. The van der Waals surface area contributed by atoms with Gasteiger partial charge in [-0.05, 0) is 0 Å². The Morgan fingerprint density at radius 1 is 1.00 bits per heavy atom. The fourth-order valence-electron chi connectivity index (χ4n) is 0. The second-order valence-corrected chi connectivity index (χ2v) is 1.000. The molecule has 0 rings (SSSR count). The summed E-state index contributed by atoms with van der Waals surface area (Å²) in [7, 11) is 0. The maximum atomic E-state index is 2.18. The van der Waals surface area contributed by atoms with Gasteiger partial charge in [0.25, 0.3) is 0 Å². The normalized spacial score (nSPS) is 6.00. The second-order valence-electron chi connectivity index (χ2n) is 1.000. The van der Waals surface area contributed by atoms with Gasteiger partial charge in [-0.15, -0.1) is 0 Å². The molecule has 0 atom stereocenters. The van der Waals surface area contributed by atoms with E-state index in [0.717, 1.165) is 0 Å². The first-order valence-electron chi connectivity index (χ1n) is 1.91. The van der Waals surface area contributed by atoms with Gasteiger partial charge in [0, 0.05) is 0 Å². The molecule has 0 N–H and O–H groups in total. The molecule has 0 saturated carbocycles. The molecule has 5 heavy (non-hydrogen) atoms. The molecule has 0 saturated heterocycles. The minimum absolute atomic E-state index is 0. The van der Waals surface area contributed by atoms with Crippen molar-refractivity contribution in [2.75, 3.05) is 0 Å². The molecule has 0 bridgehead atoms. The summed E-state index contributed by atoms with van der Waals surface area (Å²) in [6, 6.07) is 0. The average Bonchev–Trinajstić information content (AvgIpc) is 1.37. The summed E-state index contributed by atoms with van der Waals surface area (Å²) in [5.41, 5.74) is 0. The summed E-state index contributed by atoms with van der Waals surface area (Å²) < 4.78 is 0. The summed E-state index contributed by atoms with van der Waals surface area (Å²) in [5, 5.41) is 0. The van der Waals surface area contributed by atoms with Crippen LogP contribution in [0.15, 0.2) is 0 Å². The van der Waals surface area contributed by atoms with Crippen molar-refractivity contribution in [3.05, 3.63) is 0 Å². The van der Waals surface area contributed by atoms with E-state index < -0.39 is 0 Å². The molecule has 0 aliphatic heterocycles. The topological polar surface area (TPSA) is 0 Å². The van der Waals surface area contributed by atoms with Crippen molar-refractivity contribution in [1.82, 2.24) is 0 Å². The predicted molar refractivity (Wildman–Crippen MR) is 30.5 cm³/mol. The van der Waals surface area contributed by atoms with E-state index in [9.17, 15) is 0 Å². The van der Waals surface area contributed by atoms with Crippen LogP contribution in [0.25, 0.3) is 0 Å². The van der Waals surface area contributed by atoms with Gasteiger partial charge in [0.15, 0.2) is 0 Å². The molecule has 0 nitrogen and oxygen atoms in total. The van der Waals surface area contributed by atoms with Gasteiger partial charge < -0.3 is 0 Å². The second kappa shape index (κ2) is 8.85. The van der Waals surface area contributed by atoms with Crippen molar-refractivity contribution in [2.45, 2.75) is 26.7 Å². The standard InChI is InChI=1S/C4H10.In.3H/c1-3-4-2;;;;/h3-4H2,1-2H3;;;;. The molecule has 0 fully saturated rings. The molecule has 0 aliphatic carbocycles. The summed E-state index contributed by atoms with van der Waals surface area (Å²) in [4.78, 5) is 0. The third kappa shape index (κ3) is 11.5. The molecule has 0 aliphatic rings. The molecule has 0 heterocycles. The van der Waals surface area contributed by atoms with Crippen molar-refractivity contribution in [3.63, 3.8) is 0 Å². The van der Waals surface area contributed by atoms with Crippen molar-refractivity contribution in [1.29, 1.82) is 0 Å². The number of hydrogen-bond donors (Lipinski definition) is 0. The summed E-state index contributed by atoms with van der Waals surface area (Å²) >= 11 is 0. The zero-order valence-corrected chi connectivity index (χ0v) is 3.41. The molecular formula is C4H13In. The zero-order valence-electron chi connectivity index (χ0n) is 3.41. The van der Waals surface area contributed by atoms with Crippen LogP contribution in [0.5, 0.6) is 0 Å².